The minimum atomic E-state index is 0.782. The summed E-state index contributed by atoms with van der Waals surface area (Å²) in [4.78, 5) is 6.26. The largest absolute Gasteiger partial charge is 0.496 e. The van der Waals surface area contributed by atoms with Crippen LogP contribution in [0.25, 0.3) is 10.2 Å². The van der Waals surface area contributed by atoms with Crippen LogP contribution in [-0.4, -0.2) is 12.1 Å². The third-order valence-corrected chi connectivity index (χ3v) is 3.03. The zero-order valence-electron chi connectivity index (χ0n) is 7.50. The van der Waals surface area contributed by atoms with Crippen molar-refractivity contribution < 1.29 is 4.74 Å². The number of pyridine rings is 1. The second-order valence-corrected chi connectivity index (χ2v) is 3.97. The van der Waals surface area contributed by atoms with E-state index in [2.05, 4.69) is 4.98 Å². The topological polar surface area (TPSA) is 48.1 Å². The van der Waals surface area contributed by atoms with Crippen LogP contribution in [0.5, 0.6) is 5.75 Å². The van der Waals surface area contributed by atoms with Crippen molar-refractivity contribution in [1.29, 1.82) is 0 Å². The number of hydrogen-bond acceptors (Lipinski definition) is 4. The van der Waals surface area contributed by atoms with Crippen LogP contribution in [0.1, 0.15) is 4.88 Å². The molecule has 0 saturated carbocycles. The van der Waals surface area contributed by atoms with Gasteiger partial charge in [0, 0.05) is 11.1 Å². The van der Waals surface area contributed by atoms with E-state index in [1.165, 1.54) is 0 Å². The van der Waals surface area contributed by atoms with Gasteiger partial charge in [-0.05, 0) is 13.0 Å². The molecule has 0 amide bonds. The smallest absolute Gasteiger partial charge is 0.132 e. The van der Waals surface area contributed by atoms with Crippen molar-refractivity contribution >= 4 is 27.2 Å². The lowest BCUT2D eigenvalue weighted by Gasteiger charge is -2.00. The first-order valence-electron chi connectivity index (χ1n) is 3.91. The highest BCUT2D eigenvalue weighted by molar-refractivity contribution is 7.19. The standard InChI is InChI=1S/C9H10N2OS/c1-5-8(10)7-6(12-2)3-4-11-9(7)13-5/h3-4H,10H2,1-2H3. The van der Waals surface area contributed by atoms with Crippen molar-refractivity contribution in [2.24, 2.45) is 0 Å². The first kappa shape index (κ1) is 8.31. The molecular formula is C9H10N2OS. The number of nitrogen functional groups attached to an aromatic ring is 1. The normalized spacial score (nSPS) is 10.6. The molecule has 2 aromatic rings. The van der Waals surface area contributed by atoms with Gasteiger partial charge in [-0.15, -0.1) is 11.3 Å². The lowest BCUT2D eigenvalue weighted by Crippen LogP contribution is -1.89. The molecule has 2 heterocycles. The Bertz CT molecular complexity index is 450. The zero-order chi connectivity index (χ0) is 9.42. The van der Waals surface area contributed by atoms with Gasteiger partial charge in [-0.3, -0.25) is 0 Å². The summed E-state index contributed by atoms with van der Waals surface area (Å²) < 4.78 is 5.21. The number of thiophene rings is 1. The molecular weight excluding hydrogens is 184 g/mol. The molecule has 0 radical (unpaired) electrons. The van der Waals surface area contributed by atoms with E-state index >= 15 is 0 Å². The van der Waals surface area contributed by atoms with E-state index in [9.17, 15) is 0 Å². The van der Waals surface area contributed by atoms with Gasteiger partial charge in [0.25, 0.3) is 0 Å². The molecule has 0 aliphatic heterocycles. The van der Waals surface area contributed by atoms with Crippen molar-refractivity contribution in [3.8, 4) is 5.75 Å². The molecule has 0 unspecified atom stereocenters. The number of nitrogens with two attached hydrogens (primary N) is 1. The number of hydrogen-bond donors (Lipinski definition) is 1. The van der Waals surface area contributed by atoms with E-state index in [1.807, 2.05) is 13.0 Å². The summed E-state index contributed by atoms with van der Waals surface area (Å²) in [5.41, 5.74) is 6.69. The fraction of sp³-hybridized carbons (Fsp3) is 0.222. The van der Waals surface area contributed by atoms with Crippen LogP contribution in [0.2, 0.25) is 0 Å². The molecule has 2 aromatic heterocycles. The predicted molar refractivity (Wildman–Crippen MR) is 55.3 cm³/mol. The molecule has 3 nitrogen and oxygen atoms in total. The number of ether oxygens (including phenoxy) is 1. The van der Waals surface area contributed by atoms with Gasteiger partial charge in [-0.2, -0.15) is 0 Å². The highest BCUT2D eigenvalue weighted by Gasteiger charge is 2.10. The molecule has 0 bridgehead atoms. The third-order valence-electron chi connectivity index (χ3n) is 2.00. The van der Waals surface area contributed by atoms with Crippen LogP contribution in [0.3, 0.4) is 0 Å². The molecule has 13 heavy (non-hydrogen) atoms. The maximum absolute atomic E-state index is 5.91. The second-order valence-electron chi connectivity index (χ2n) is 2.77. The lowest BCUT2D eigenvalue weighted by molar-refractivity contribution is 0.419. The number of anilines is 1. The molecule has 0 atom stereocenters. The molecule has 0 aliphatic carbocycles. The van der Waals surface area contributed by atoms with E-state index in [-0.39, 0.29) is 0 Å². The molecule has 0 spiro atoms. The van der Waals surface area contributed by atoms with Crippen molar-refractivity contribution in [2.75, 3.05) is 12.8 Å². The maximum Gasteiger partial charge on any atom is 0.132 e. The highest BCUT2D eigenvalue weighted by Crippen LogP contribution is 2.37. The number of rotatable bonds is 1. The van der Waals surface area contributed by atoms with Crippen molar-refractivity contribution in [3.05, 3.63) is 17.1 Å². The number of methoxy groups -OCH3 is 1. The average molecular weight is 194 g/mol. The summed E-state index contributed by atoms with van der Waals surface area (Å²) in [5.74, 6) is 0.798. The van der Waals surface area contributed by atoms with E-state index in [0.29, 0.717) is 0 Å². The lowest BCUT2D eigenvalue weighted by atomic mass is 10.2. The Balaban J connectivity index is 2.87. The van der Waals surface area contributed by atoms with Crippen LogP contribution in [0, 0.1) is 6.92 Å². The Morgan fingerprint density at radius 1 is 1.54 bits per heavy atom. The molecule has 0 aliphatic rings. The van der Waals surface area contributed by atoms with Crippen LogP contribution in [0.4, 0.5) is 5.69 Å². The summed E-state index contributed by atoms with van der Waals surface area (Å²) in [6.45, 7) is 1.99. The number of nitrogens with zero attached hydrogens (tertiary/aromatic N) is 1. The van der Waals surface area contributed by atoms with Crippen LogP contribution in [-0.2, 0) is 0 Å². The number of aromatic nitrogens is 1. The van der Waals surface area contributed by atoms with Crippen LogP contribution in [0.15, 0.2) is 12.3 Å². The Morgan fingerprint density at radius 2 is 2.31 bits per heavy atom. The first-order valence-corrected chi connectivity index (χ1v) is 4.73. The molecule has 4 heteroatoms. The molecule has 2 rings (SSSR count). The first-order chi connectivity index (χ1) is 6.24. The minimum absolute atomic E-state index is 0.782. The summed E-state index contributed by atoms with van der Waals surface area (Å²) in [5, 5.41) is 0.938. The number of fused-ring (bicyclic) bond motifs is 1. The van der Waals surface area contributed by atoms with Gasteiger partial charge in [0.1, 0.15) is 10.6 Å². The molecule has 68 valence electrons. The van der Waals surface area contributed by atoms with Crippen molar-refractivity contribution in [1.82, 2.24) is 4.98 Å². The quantitative estimate of drug-likeness (QED) is 0.757. The molecule has 0 aromatic carbocycles. The SMILES string of the molecule is COc1ccnc2sc(C)c(N)c12. The summed E-state index contributed by atoms with van der Waals surface area (Å²) in [7, 11) is 1.64. The van der Waals surface area contributed by atoms with E-state index in [4.69, 9.17) is 10.5 Å². The zero-order valence-corrected chi connectivity index (χ0v) is 8.31. The van der Waals surface area contributed by atoms with Gasteiger partial charge >= 0.3 is 0 Å². The second kappa shape index (κ2) is 2.88. The van der Waals surface area contributed by atoms with Gasteiger partial charge in [0.15, 0.2) is 0 Å². The Hall–Kier alpha value is -1.29. The molecule has 0 saturated heterocycles. The Morgan fingerprint density at radius 3 is 3.00 bits per heavy atom. The van der Waals surface area contributed by atoms with Gasteiger partial charge in [-0.1, -0.05) is 0 Å². The van der Waals surface area contributed by atoms with E-state index < -0.39 is 0 Å². The molecule has 0 fully saturated rings. The molecule has 2 N–H and O–H groups in total. The van der Waals surface area contributed by atoms with E-state index in [1.54, 1.807) is 24.6 Å². The Kier molecular flexibility index (Phi) is 1.84. The van der Waals surface area contributed by atoms with Gasteiger partial charge in [-0.25, -0.2) is 4.98 Å². The monoisotopic (exact) mass is 194 g/mol. The van der Waals surface area contributed by atoms with Crippen LogP contribution < -0.4 is 10.5 Å². The van der Waals surface area contributed by atoms with Gasteiger partial charge in [0.2, 0.25) is 0 Å². The Labute approximate surface area is 80.2 Å². The number of aryl methyl sites for hydroxylation is 1. The van der Waals surface area contributed by atoms with Gasteiger partial charge < -0.3 is 10.5 Å². The predicted octanol–water partition coefficient (Wildman–Crippen LogP) is 2.20. The van der Waals surface area contributed by atoms with Crippen molar-refractivity contribution in [2.45, 2.75) is 6.92 Å². The minimum Gasteiger partial charge on any atom is -0.496 e. The third kappa shape index (κ3) is 1.14. The van der Waals surface area contributed by atoms with Gasteiger partial charge in [0.05, 0.1) is 18.2 Å². The fourth-order valence-electron chi connectivity index (χ4n) is 1.30. The maximum atomic E-state index is 5.91. The summed E-state index contributed by atoms with van der Waals surface area (Å²) in [6, 6.07) is 1.82. The average Bonchev–Trinajstić information content (AvgIpc) is 2.43. The van der Waals surface area contributed by atoms with Crippen LogP contribution >= 0.6 is 11.3 Å². The fourth-order valence-corrected chi connectivity index (χ4v) is 2.23. The highest BCUT2D eigenvalue weighted by atomic mass is 32.1. The van der Waals surface area contributed by atoms with Crippen molar-refractivity contribution in [3.63, 3.8) is 0 Å². The summed E-state index contributed by atoms with van der Waals surface area (Å²) >= 11 is 1.59. The summed E-state index contributed by atoms with van der Waals surface area (Å²) in [6.07, 6.45) is 1.73. The van der Waals surface area contributed by atoms with E-state index in [0.717, 1.165) is 26.5 Å².